The first-order chi connectivity index (χ1) is 11.1. The zero-order chi connectivity index (χ0) is 16.4. The molecular formula is C17H18N4O2. The number of hydrogen-bond acceptors (Lipinski definition) is 4. The number of rotatable bonds is 2. The van der Waals surface area contributed by atoms with Gasteiger partial charge in [-0.1, -0.05) is 19.1 Å². The molecule has 1 aliphatic heterocycles. The van der Waals surface area contributed by atoms with Crippen LogP contribution >= 0.6 is 0 Å². The van der Waals surface area contributed by atoms with Crippen LogP contribution in [-0.4, -0.2) is 29.3 Å². The van der Waals surface area contributed by atoms with Crippen LogP contribution in [-0.2, 0) is 5.54 Å². The van der Waals surface area contributed by atoms with Gasteiger partial charge in [0, 0.05) is 18.1 Å². The number of nitrogens with zero attached hydrogens (tertiary/aromatic N) is 2. The molecule has 2 atom stereocenters. The monoisotopic (exact) mass is 310 g/mol. The van der Waals surface area contributed by atoms with Crippen molar-refractivity contribution in [2.24, 2.45) is 5.92 Å². The molecule has 6 heteroatoms. The maximum atomic E-state index is 11.4. The SMILES string of the molecule is C[C@@H]1CNC[C@](NC(=O)O)(c2ccc(C#N)c3ncccc23)C1. The molecule has 1 fully saturated rings. The predicted molar refractivity (Wildman–Crippen MR) is 85.9 cm³/mol. The second-order valence-corrected chi connectivity index (χ2v) is 6.12. The Morgan fingerprint density at radius 3 is 3.04 bits per heavy atom. The maximum Gasteiger partial charge on any atom is 0.405 e. The lowest BCUT2D eigenvalue weighted by Crippen LogP contribution is -2.57. The number of hydrogen-bond donors (Lipinski definition) is 3. The molecule has 23 heavy (non-hydrogen) atoms. The van der Waals surface area contributed by atoms with E-state index in [-0.39, 0.29) is 0 Å². The summed E-state index contributed by atoms with van der Waals surface area (Å²) in [4.78, 5) is 15.7. The fourth-order valence-corrected chi connectivity index (χ4v) is 3.52. The van der Waals surface area contributed by atoms with Crippen molar-refractivity contribution in [2.45, 2.75) is 18.9 Å². The number of fused-ring (bicyclic) bond motifs is 1. The van der Waals surface area contributed by atoms with Crippen LogP contribution in [0.1, 0.15) is 24.5 Å². The van der Waals surface area contributed by atoms with Gasteiger partial charge < -0.3 is 15.7 Å². The molecule has 3 N–H and O–H groups in total. The second kappa shape index (κ2) is 5.86. The van der Waals surface area contributed by atoms with Gasteiger partial charge in [0.25, 0.3) is 0 Å². The Hall–Kier alpha value is -2.65. The summed E-state index contributed by atoms with van der Waals surface area (Å²) in [6.07, 6.45) is 1.29. The maximum absolute atomic E-state index is 11.4. The number of amides is 1. The van der Waals surface area contributed by atoms with E-state index in [0.29, 0.717) is 30.0 Å². The predicted octanol–water partition coefficient (Wildman–Crippen LogP) is 2.20. The van der Waals surface area contributed by atoms with Crippen LogP contribution in [0.2, 0.25) is 0 Å². The molecular weight excluding hydrogens is 292 g/mol. The highest BCUT2D eigenvalue weighted by molar-refractivity contribution is 5.88. The lowest BCUT2D eigenvalue weighted by Gasteiger charge is -2.41. The van der Waals surface area contributed by atoms with E-state index in [1.807, 2.05) is 12.1 Å². The molecule has 2 aromatic rings. The molecule has 1 saturated heterocycles. The number of pyridine rings is 1. The van der Waals surface area contributed by atoms with Crippen molar-refractivity contribution in [3.05, 3.63) is 41.6 Å². The highest BCUT2D eigenvalue weighted by Gasteiger charge is 2.39. The van der Waals surface area contributed by atoms with E-state index in [9.17, 15) is 15.2 Å². The minimum absolute atomic E-state index is 0.331. The summed E-state index contributed by atoms with van der Waals surface area (Å²) < 4.78 is 0. The first-order valence-electron chi connectivity index (χ1n) is 7.56. The molecule has 1 amide bonds. The van der Waals surface area contributed by atoms with E-state index in [0.717, 1.165) is 17.5 Å². The Balaban J connectivity index is 2.23. The van der Waals surface area contributed by atoms with Crippen molar-refractivity contribution in [2.75, 3.05) is 13.1 Å². The fraction of sp³-hybridized carbons (Fsp3) is 0.353. The molecule has 1 aromatic heterocycles. The third-order valence-corrected chi connectivity index (χ3v) is 4.37. The normalized spacial score (nSPS) is 24.1. The number of nitrogens with one attached hydrogen (secondary N) is 2. The van der Waals surface area contributed by atoms with E-state index < -0.39 is 11.6 Å². The fourth-order valence-electron chi connectivity index (χ4n) is 3.52. The number of nitriles is 1. The Labute approximate surface area is 134 Å². The summed E-state index contributed by atoms with van der Waals surface area (Å²) in [6.45, 7) is 3.46. The number of carbonyl (C=O) groups is 1. The minimum Gasteiger partial charge on any atom is -0.465 e. The molecule has 1 aliphatic rings. The van der Waals surface area contributed by atoms with E-state index in [2.05, 4.69) is 28.6 Å². The lowest BCUT2D eigenvalue weighted by atomic mass is 9.77. The average Bonchev–Trinajstić information content (AvgIpc) is 2.53. The minimum atomic E-state index is -1.05. The number of carboxylic acid groups (broad SMARTS) is 1. The number of aromatic nitrogens is 1. The molecule has 1 aromatic carbocycles. The summed E-state index contributed by atoms with van der Waals surface area (Å²) in [5.41, 5.74) is 1.24. The molecule has 0 aliphatic carbocycles. The van der Waals surface area contributed by atoms with Gasteiger partial charge in [-0.15, -0.1) is 0 Å². The first kappa shape index (κ1) is 15.3. The topological polar surface area (TPSA) is 98.0 Å². The Bertz CT molecular complexity index is 799. The van der Waals surface area contributed by atoms with Gasteiger partial charge in [-0.25, -0.2) is 4.79 Å². The summed E-state index contributed by atoms with van der Waals surface area (Å²) in [5, 5.41) is 25.5. The summed E-state index contributed by atoms with van der Waals surface area (Å²) in [6, 6.07) is 9.41. The van der Waals surface area contributed by atoms with Gasteiger partial charge >= 0.3 is 6.09 Å². The quantitative estimate of drug-likeness (QED) is 0.790. The van der Waals surface area contributed by atoms with Crippen molar-refractivity contribution >= 4 is 17.0 Å². The van der Waals surface area contributed by atoms with E-state index in [1.54, 1.807) is 18.3 Å². The van der Waals surface area contributed by atoms with Crippen LogP contribution in [0.5, 0.6) is 0 Å². The van der Waals surface area contributed by atoms with Crippen LogP contribution in [0.4, 0.5) is 4.79 Å². The van der Waals surface area contributed by atoms with Gasteiger partial charge in [0.1, 0.15) is 6.07 Å². The Morgan fingerprint density at radius 1 is 1.52 bits per heavy atom. The van der Waals surface area contributed by atoms with Gasteiger partial charge in [0.2, 0.25) is 0 Å². The zero-order valence-corrected chi connectivity index (χ0v) is 12.8. The van der Waals surface area contributed by atoms with Crippen molar-refractivity contribution in [3.8, 4) is 6.07 Å². The number of benzene rings is 1. The van der Waals surface area contributed by atoms with Crippen LogP contribution in [0.3, 0.4) is 0 Å². The zero-order valence-electron chi connectivity index (χ0n) is 12.8. The second-order valence-electron chi connectivity index (χ2n) is 6.12. The Morgan fingerprint density at radius 2 is 2.35 bits per heavy atom. The summed E-state index contributed by atoms with van der Waals surface area (Å²) in [5.74, 6) is 0.331. The molecule has 0 radical (unpaired) electrons. The highest BCUT2D eigenvalue weighted by Crippen LogP contribution is 2.36. The standard InChI is InChI=1S/C17H18N4O2/c1-11-7-17(10-19-9-11,21-16(22)23)14-5-4-12(8-18)15-13(14)3-2-6-20-15/h2-6,11,19,21H,7,9-10H2,1H3,(H,22,23)/t11-,17-/m0/s1. The van der Waals surface area contributed by atoms with Gasteiger partial charge in [-0.2, -0.15) is 5.26 Å². The van der Waals surface area contributed by atoms with Crippen LogP contribution < -0.4 is 10.6 Å². The molecule has 6 nitrogen and oxygen atoms in total. The smallest absolute Gasteiger partial charge is 0.405 e. The first-order valence-corrected chi connectivity index (χ1v) is 7.56. The molecule has 118 valence electrons. The largest absolute Gasteiger partial charge is 0.465 e. The van der Waals surface area contributed by atoms with Crippen molar-refractivity contribution in [1.29, 1.82) is 5.26 Å². The van der Waals surface area contributed by atoms with Crippen molar-refractivity contribution < 1.29 is 9.90 Å². The third kappa shape index (κ3) is 2.71. The highest BCUT2D eigenvalue weighted by atomic mass is 16.4. The summed E-state index contributed by atoms with van der Waals surface area (Å²) >= 11 is 0. The average molecular weight is 310 g/mol. The lowest BCUT2D eigenvalue weighted by molar-refractivity contribution is 0.156. The molecule has 0 unspecified atom stereocenters. The van der Waals surface area contributed by atoms with Crippen LogP contribution in [0.15, 0.2) is 30.5 Å². The van der Waals surface area contributed by atoms with Crippen molar-refractivity contribution in [3.63, 3.8) is 0 Å². The van der Waals surface area contributed by atoms with E-state index in [4.69, 9.17) is 0 Å². The van der Waals surface area contributed by atoms with Crippen LogP contribution in [0, 0.1) is 17.2 Å². The van der Waals surface area contributed by atoms with Gasteiger partial charge in [-0.3, -0.25) is 4.98 Å². The van der Waals surface area contributed by atoms with Gasteiger partial charge in [-0.05, 0) is 36.6 Å². The molecule has 3 rings (SSSR count). The van der Waals surface area contributed by atoms with Crippen LogP contribution in [0.25, 0.3) is 10.9 Å². The molecule has 0 saturated carbocycles. The molecule has 0 spiro atoms. The number of piperidine rings is 1. The Kier molecular flexibility index (Phi) is 3.89. The molecule has 0 bridgehead atoms. The third-order valence-electron chi connectivity index (χ3n) is 4.37. The molecule has 2 heterocycles. The van der Waals surface area contributed by atoms with Gasteiger partial charge in [0.05, 0.1) is 16.6 Å². The van der Waals surface area contributed by atoms with Gasteiger partial charge in [0.15, 0.2) is 0 Å². The summed E-state index contributed by atoms with van der Waals surface area (Å²) in [7, 11) is 0. The van der Waals surface area contributed by atoms with E-state index >= 15 is 0 Å². The van der Waals surface area contributed by atoms with E-state index in [1.165, 1.54) is 0 Å². The van der Waals surface area contributed by atoms with Crippen molar-refractivity contribution in [1.82, 2.24) is 15.6 Å².